The largest absolute Gasteiger partial charge is 0.383 e. The molecule has 1 aliphatic heterocycles. The fourth-order valence-electron chi connectivity index (χ4n) is 2.09. The SMILES string of the molecule is COCCN(CCC#N)C(=O)[C@@H]1CNC[C@H]1C. The molecule has 0 aromatic carbocycles. The highest BCUT2D eigenvalue weighted by molar-refractivity contribution is 5.79. The predicted molar refractivity (Wildman–Crippen MR) is 64.2 cm³/mol. The molecule has 1 rings (SSSR count). The number of methoxy groups -OCH3 is 1. The number of ether oxygens (including phenoxy) is 1. The third kappa shape index (κ3) is 3.99. The molecule has 0 aromatic rings. The molecule has 5 nitrogen and oxygen atoms in total. The highest BCUT2D eigenvalue weighted by atomic mass is 16.5. The Balaban J connectivity index is 2.54. The molecule has 0 bridgehead atoms. The number of hydrogen-bond acceptors (Lipinski definition) is 4. The van der Waals surface area contributed by atoms with E-state index in [9.17, 15) is 4.79 Å². The van der Waals surface area contributed by atoms with Crippen LogP contribution < -0.4 is 5.32 Å². The minimum absolute atomic E-state index is 0.0468. The van der Waals surface area contributed by atoms with E-state index >= 15 is 0 Å². The maximum Gasteiger partial charge on any atom is 0.227 e. The molecule has 5 heteroatoms. The Bertz CT molecular complexity index is 288. The molecule has 0 radical (unpaired) electrons. The maximum absolute atomic E-state index is 12.3. The normalized spacial score (nSPS) is 23.4. The van der Waals surface area contributed by atoms with Crippen molar-refractivity contribution in [3.63, 3.8) is 0 Å². The molecule has 0 spiro atoms. The Kier molecular flexibility index (Phi) is 5.95. The molecule has 17 heavy (non-hydrogen) atoms. The van der Waals surface area contributed by atoms with Crippen molar-refractivity contribution in [3.8, 4) is 6.07 Å². The zero-order valence-corrected chi connectivity index (χ0v) is 10.6. The third-order valence-corrected chi connectivity index (χ3v) is 3.21. The van der Waals surface area contributed by atoms with E-state index in [2.05, 4.69) is 18.3 Å². The molecule has 0 aliphatic carbocycles. The zero-order valence-electron chi connectivity index (χ0n) is 10.6. The monoisotopic (exact) mass is 239 g/mol. The Morgan fingerprint density at radius 1 is 1.53 bits per heavy atom. The van der Waals surface area contributed by atoms with Crippen LogP contribution in [-0.2, 0) is 9.53 Å². The summed E-state index contributed by atoms with van der Waals surface area (Å²) in [5.41, 5.74) is 0. The average molecular weight is 239 g/mol. The van der Waals surface area contributed by atoms with Gasteiger partial charge in [0, 0.05) is 26.7 Å². The minimum atomic E-state index is 0.0468. The van der Waals surface area contributed by atoms with E-state index in [1.165, 1.54) is 0 Å². The smallest absolute Gasteiger partial charge is 0.227 e. The van der Waals surface area contributed by atoms with Crippen LogP contribution in [0.1, 0.15) is 13.3 Å². The van der Waals surface area contributed by atoms with Crippen LogP contribution in [0, 0.1) is 23.2 Å². The van der Waals surface area contributed by atoms with E-state index < -0.39 is 0 Å². The molecule has 2 atom stereocenters. The summed E-state index contributed by atoms with van der Waals surface area (Å²) in [5.74, 6) is 0.565. The van der Waals surface area contributed by atoms with Gasteiger partial charge >= 0.3 is 0 Å². The van der Waals surface area contributed by atoms with Crippen LogP contribution in [0.25, 0.3) is 0 Å². The predicted octanol–water partition coefficient (Wildman–Crippen LogP) is 0.231. The van der Waals surface area contributed by atoms with Crippen LogP contribution in [0.3, 0.4) is 0 Å². The van der Waals surface area contributed by atoms with Crippen LogP contribution in [-0.4, -0.2) is 50.7 Å². The summed E-state index contributed by atoms with van der Waals surface area (Å²) >= 11 is 0. The van der Waals surface area contributed by atoms with Gasteiger partial charge in [-0.25, -0.2) is 0 Å². The first-order valence-electron chi connectivity index (χ1n) is 6.06. The molecule has 1 amide bonds. The summed E-state index contributed by atoms with van der Waals surface area (Å²) in [5, 5.41) is 11.8. The molecular formula is C12H21N3O2. The number of amides is 1. The number of carbonyl (C=O) groups is 1. The van der Waals surface area contributed by atoms with E-state index in [0.29, 0.717) is 32.0 Å². The minimum Gasteiger partial charge on any atom is -0.383 e. The number of rotatable bonds is 6. The van der Waals surface area contributed by atoms with Crippen molar-refractivity contribution in [2.24, 2.45) is 11.8 Å². The summed E-state index contributed by atoms with van der Waals surface area (Å²) in [6.07, 6.45) is 0.379. The molecule has 0 unspecified atom stereocenters. The van der Waals surface area contributed by atoms with Crippen molar-refractivity contribution in [3.05, 3.63) is 0 Å². The van der Waals surface area contributed by atoms with Crippen LogP contribution in [0.2, 0.25) is 0 Å². The van der Waals surface area contributed by atoms with Crippen LogP contribution in [0.4, 0.5) is 0 Å². The fraction of sp³-hybridized carbons (Fsp3) is 0.833. The summed E-state index contributed by atoms with van der Waals surface area (Å²) in [6, 6.07) is 2.08. The second-order valence-corrected chi connectivity index (χ2v) is 4.47. The quantitative estimate of drug-likeness (QED) is 0.720. The third-order valence-electron chi connectivity index (χ3n) is 3.21. The first kappa shape index (κ1) is 13.9. The van der Waals surface area contributed by atoms with Crippen molar-refractivity contribution in [2.45, 2.75) is 13.3 Å². The second-order valence-electron chi connectivity index (χ2n) is 4.47. The summed E-state index contributed by atoms with van der Waals surface area (Å²) in [7, 11) is 1.62. The lowest BCUT2D eigenvalue weighted by Gasteiger charge is -2.26. The maximum atomic E-state index is 12.3. The van der Waals surface area contributed by atoms with Gasteiger partial charge < -0.3 is 15.0 Å². The van der Waals surface area contributed by atoms with Gasteiger partial charge in [-0.15, -0.1) is 0 Å². The Labute approximate surface area is 103 Å². The first-order chi connectivity index (χ1) is 8.20. The van der Waals surface area contributed by atoms with Crippen LogP contribution in [0.5, 0.6) is 0 Å². The molecule has 1 aliphatic rings. The average Bonchev–Trinajstić information content (AvgIpc) is 2.75. The van der Waals surface area contributed by atoms with E-state index in [-0.39, 0.29) is 11.8 Å². The molecular weight excluding hydrogens is 218 g/mol. The molecule has 1 saturated heterocycles. The van der Waals surface area contributed by atoms with E-state index in [1.807, 2.05) is 0 Å². The zero-order chi connectivity index (χ0) is 12.7. The Morgan fingerprint density at radius 2 is 2.29 bits per heavy atom. The molecule has 1 fully saturated rings. The molecule has 0 aromatic heterocycles. The van der Waals surface area contributed by atoms with Gasteiger partial charge in [0.15, 0.2) is 0 Å². The van der Waals surface area contributed by atoms with Gasteiger partial charge in [-0.05, 0) is 12.5 Å². The van der Waals surface area contributed by atoms with Gasteiger partial charge in [0.05, 0.1) is 25.0 Å². The van der Waals surface area contributed by atoms with Gasteiger partial charge in [0.2, 0.25) is 5.91 Å². The van der Waals surface area contributed by atoms with Gasteiger partial charge in [-0.1, -0.05) is 6.92 Å². The van der Waals surface area contributed by atoms with Crippen molar-refractivity contribution < 1.29 is 9.53 Å². The van der Waals surface area contributed by atoms with Crippen molar-refractivity contribution in [1.29, 1.82) is 5.26 Å². The van der Waals surface area contributed by atoms with E-state index in [4.69, 9.17) is 10.00 Å². The first-order valence-corrected chi connectivity index (χ1v) is 6.06. The number of nitrogens with one attached hydrogen (secondary N) is 1. The molecule has 1 N–H and O–H groups in total. The lowest BCUT2D eigenvalue weighted by Crippen LogP contribution is -2.41. The number of hydrogen-bond donors (Lipinski definition) is 1. The lowest BCUT2D eigenvalue weighted by molar-refractivity contribution is -0.136. The van der Waals surface area contributed by atoms with Crippen LogP contribution in [0.15, 0.2) is 0 Å². The van der Waals surface area contributed by atoms with Crippen LogP contribution >= 0.6 is 0 Å². The second kappa shape index (κ2) is 7.25. The van der Waals surface area contributed by atoms with Crippen molar-refractivity contribution >= 4 is 5.91 Å². The standard InChI is InChI=1S/C12H21N3O2/c1-10-8-14-9-11(10)12(16)15(5-3-4-13)6-7-17-2/h10-11,14H,3,5-9H2,1-2H3/t10-,11-/m1/s1. The molecule has 0 saturated carbocycles. The fourth-order valence-corrected chi connectivity index (χ4v) is 2.09. The number of nitriles is 1. The number of nitrogens with zero attached hydrogens (tertiary/aromatic N) is 2. The Hall–Kier alpha value is -1.12. The van der Waals surface area contributed by atoms with Crippen molar-refractivity contribution in [2.75, 3.05) is 39.9 Å². The highest BCUT2D eigenvalue weighted by Gasteiger charge is 2.32. The van der Waals surface area contributed by atoms with Gasteiger partial charge in [-0.3, -0.25) is 4.79 Å². The summed E-state index contributed by atoms with van der Waals surface area (Å²) < 4.78 is 5.00. The molecule has 96 valence electrons. The summed E-state index contributed by atoms with van der Waals surface area (Å²) in [6.45, 7) is 5.32. The molecule has 1 heterocycles. The Morgan fingerprint density at radius 3 is 2.82 bits per heavy atom. The van der Waals surface area contributed by atoms with Gasteiger partial charge in [0.25, 0.3) is 0 Å². The topological polar surface area (TPSA) is 65.4 Å². The van der Waals surface area contributed by atoms with Crippen molar-refractivity contribution in [1.82, 2.24) is 10.2 Å². The van der Waals surface area contributed by atoms with E-state index in [0.717, 1.165) is 13.1 Å². The highest BCUT2D eigenvalue weighted by Crippen LogP contribution is 2.18. The number of carbonyl (C=O) groups excluding carboxylic acids is 1. The lowest BCUT2D eigenvalue weighted by atomic mass is 9.96. The summed E-state index contributed by atoms with van der Waals surface area (Å²) in [4.78, 5) is 14.0. The van der Waals surface area contributed by atoms with Gasteiger partial charge in [-0.2, -0.15) is 5.26 Å². The van der Waals surface area contributed by atoms with E-state index in [1.54, 1.807) is 12.0 Å². The van der Waals surface area contributed by atoms with Gasteiger partial charge in [0.1, 0.15) is 0 Å².